The summed E-state index contributed by atoms with van der Waals surface area (Å²) in [5.74, 6) is 1.09. The Labute approximate surface area is 120 Å². The second kappa shape index (κ2) is 4.75. The average Bonchev–Trinajstić information content (AvgIpc) is 3.11. The largest absolute Gasteiger partial charge is 0.327 e. The molecule has 2 aromatic carbocycles. The van der Waals surface area contributed by atoms with E-state index >= 15 is 0 Å². The molecule has 0 saturated carbocycles. The maximum atomic E-state index is 6.71. The van der Waals surface area contributed by atoms with Gasteiger partial charge in [-0.1, -0.05) is 48.5 Å². The molecule has 0 bridgehead atoms. The molecule has 0 radical (unpaired) electrons. The van der Waals surface area contributed by atoms with Crippen molar-refractivity contribution in [1.82, 2.24) is 0 Å². The van der Waals surface area contributed by atoms with Gasteiger partial charge in [0.1, 0.15) is 0 Å². The molecule has 2 unspecified atom stereocenters. The molecule has 0 fully saturated rings. The highest BCUT2D eigenvalue weighted by Crippen LogP contribution is 2.43. The monoisotopic (exact) mass is 263 g/mol. The van der Waals surface area contributed by atoms with Gasteiger partial charge in [0.05, 0.1) is 0 Å². The zero-order valence-electron chi connectivity index (χ0n) is 11.8. The Morgan fingerprint density at radius 3 is 1.70 bits per heavy atom. The van der Waals surface area contributed by atoms with Crippen LogP contribution in [-0.2, 0) is 12.8 Å². The molecule has 0 amide bonds. The second-order valence-electron chi connectivity index (χ2n) is 6.27. The van der Waals surface area contributed by atoms with Gasteiger partial charge in [0.2, 0.25) is 0 Å². The Bertz CT molecular complexity index is 576. The highest BCUT2D eigenvalue weighted by Gasteiger charge is 2.35. The third kappa shape index (κ3) is 1.81. The maximum Gasteiger partial charge on any atom is 0.0178 e. The summed E-state index contributed by atoms with van der Waals surface area (Å²) >= 11 is 0. The van der Waals surface area contributed by atoms with Gasteiger partial charge >= 0.3 is 0 Å². The molecular formula is C19H21N. The van der Waals surface area contributed by atoms with E-state index in [-0.39, 0.29) is 6.04 Å². The van der Waals surface area contributed by atoms with Crippen LogP contribution in [0.4, 0.5) is 0 Å². The van der Waals surface area contributed by atoms with E-state index in [0.717, 1.165) is 0 Å². The predicted octanol–water partition coefficient (Wildman–Crippen LogP) is 3.77. The minimum Gasteiger partial charge on any atom is -0.327 e. The Kier molecular flexibility index (Phi) is 2.89. The molecule has 2 N–H and O–H groups in total. The van der Waals surface area contributed by atoms with Crippen LogP contribution >= 0.6 is 0 Å². The summed E-state index contributed by atoms with van der Waals surface area (Å²) in [6.45, 7) is 0. The number of hydrogen-bond donors (Lipinski definition) is 1. The SMILES string of the molecule is NC(C1CCc2ccccc21)C1CCc2ccccc21. The number of nitrogens with two attached hydrogens (primary N) is 1. The molecule has 0 spiro atoms. The fourth-order valence-electron chi connectivity index (χ4n) is 4.26. The third-order valence-electron chi connectivity index (χ3n) is 5.29. The summed E-state index contributed by atoms with van der Waals surface area (Å²) in [6.07, 6.45) is 4.84. The fourth-order valence-corrected chi connectivity index (χ4v) is 4.26. The van der Waals surface area contributed by atoms with Crippen molar-refractivity contribution in [2.75, 3.05) is 0 Å². The van der Waals surface area contributed by atoms with Crippen molar-refractivity contribution >= 4 is 0 Å². The van der Waals surface area contributed by atoms with E-state index < -0.39 is 0 Å². The molecule has 0 heterocycles. The van der Waals surface area contributed by atoms with E-state index in [1.54, 1.807) is 0 Å². The van der Waals surface area contributed by atoms with Gasteiger partial charge in [0.15, 0.2) is 0 Å². The van der Waals surface area contributed by atoms with E-state index in [2.05, 4.69) is 48.5 Å². The van der Waals surface area contributed by atoms with Gasteiger partial charge in [0.25, 0.3) is 0 Å². The first kappa shape index (κ1) is 12.2. The Morgan fingerprint density at radius 1 is 0.750 bits per heavy atom. The van der Waals surface area contributed by atoms with Crippen LogP contribution in [0, 0.1) is 0 Å². The first-order chi connectivity index (χ1) is 9.84. The van der Waals surface area contributed by atoms with Gasteiger partial charge in [-0.2, -0.15) is 0 Å². The Balaban J connectivity index is 1.65. The van der Waals surface area contributed by atoms with Gasteiger partial charge in [0, 0.05) is 17.9 Å². The lowest BCUT2D eigenvalue weighted by Gasteiger charge is -2.27. The number of aryl methyl sites for hydroxylation is 2. The summed E-state index contributed by atoms with van der Waals surface area (Å²) in [5.41, 5.74) is 12.7. The molecule has 4 rings (SSSR count). The average molecular weight is 263 g/mol. The van der Waals surface area contributed by atoms with Crippen molar-refractivity contribution in [2.24, 2.45) is 5.73 Å². The fraction of sp³-hybridized carbons (Fsp3) is 0.368. The van der Waals surface area contributed by atoms with E-state index in [1.807, 2.05) is 0 Å². The minimum absolute atomic E-state index is 0.266. The predicted molar refractivity (Wildman–Crippen MR) is 83.0 cm³/mol. The number of benzene rings is 2. The lowest BCUT2D eigenvalue weighted by atomic mass is 9.82. The molecule has 0 aromatic heterocycles. The van der Waals surface area contributed by atoms with Gasteiger partial charge in [-0.3, -0.25) is 0 Å². The summed E-state index contributed by atoms with van der Waals surface area (Å²) < 4.78 is 0. The molecular weight excluding hydrogens is 242 g/mol. The van der Waals surface area contributed by atoms with Crippen molar-refractivity contribution in [2.45, 2.75) is 43.6 Å². The first-order valence-corrected chi connectivity index (χ1v) is 7.76. The minimum atomic E-state index is 0.266. The zero-order chi connectivity index (χ0) is 13.5. The van der Waals surface area contributed by atoms with Gasteiger partial charge in [-0.25, -0.2) is 0 Å². The Morgan fingerprint density at radius 2 is 1.20 bits per heavy atom. The molecule has 2 aliphatic rings. The van der Waals surface area contributed by atoms with Crippen LogP contribution in [-0.4, -0.2) is 6.04 Å². The number of hydrogen-bond acceptors (Lipinski definition) is 1. The van der Waals surface area contributed by atoms with Gasteiger partial charge < -0.3 is 5.73 Å². The van der Waals surface area contributed by atoms with E-state index in [4.69, 9.17) is 5.73 Å². The molecule has 1 heteroatoms. The lowest BCUT2D eigenvalue weighted by Crippen LogP contribution is -2.33. The standard InChI is InChI=1S/C19H21N/c20-19(17-11-9-13-5-1-3-7-15(13)17)18-12-10-14-6-2-4-8-16(14)18/h1-8,17-19H,9-12,20H2. The van der Waals surface area contributed by atoms with Crippen molar-refractivity contribution < 1.29 is 0 Å². The molecule has 20 heavy (non-hydrogen) atoms. The highest BCUT2D eigenvalue weighted by atomic mass is 14.7. The maximum absolute atomic E-state index is 6.71. The van der Waals surface area contributed by atoms with Crippen molar-refractivity contribution in [3.05, 3.63) is 70.8 Å². The van der Waals surface area contributed by atoms with Gasteiger partial charge in [-0.15, -0.1) is 0 Å². The molecule has 2 aliphatic carbocycles. The van der Waals surface area contributed by atoms with Crippen molar-refractivity contribution in [3.63, 3.8) is 0 Å². The zero-order valence-corrected chi connectivity index (χ0v) is 11.8. The van der Waals surface area contributed by atoms with E-state index in [1.165, 1.54) is 47.9 Å². The quantitative estimate of drug-likeness (QED) is 0.877. The van der Waals surface area contributed by atoms with Crippen LogP contribution < -0.4 is 5.73 Å². The third-order valence-corrected chi connectivity index (χ3v) is 5.29. The van der Waals surface area contributed by atoms with Crippen LogP contribution in [0.3, 0.4) is 0 Å². The van der Waals surface area contributed by atoms with Crippen LogP contribution in [0.2, 0.25) is 0 Å². The first-order valence-electron chi connectivity index (χ1n) is 7.76. The highest BCUT2D eigenvalue weighted by molar-refractivity contribution is 5.40. The van der Waals surface area contributed by atoms with E-state index in [9.17, 15) is 0 Å². The van der Waals surface area contributed by atoms with Crippen molar-refractivity contribution in [3.8, 4) is 0 Å². The van der Waals surface area contributed by atoms with Gasteiger partial charge in [-0.05, 0) is 47.9 Å². The van der Waals surface area contributed by atoms with Crippen LogP contribution in [0.5, 0.6) is 0 Å². The topological polar surface area (TPSA) is 26.0 Å². The number of fused-ring (bicyclic) bond motifs is 2. The molecule has 0 saturated heterocycles. The van der Waals surface area contributed by atoms with Crippen molar-refractivity contribution in [1.29, 1.82) is 0 Å². The molecule has 2 atom stereocenters. The smallest absolute Gasteiger partial charge is 0.0178 e. The van der Waals surface area contributed by atoms with E-state index in [0.29, 0.717) is 11.8 Å². The van der Waals surface area contributed by atoms with Crippen LogP contribution in [0.25, 0.3) is 0 Å². The summed E-state index contributed by atoms with van der Waals surface area (Å²) in [7, 11) is 0. The summed E-state index contributed by atoms with van der Waals surface area (Å²) in [4.78, 5) is 0. The second-order valence-corrected chi connectivity index (χ2v) is 6.27. The number of rotatable bonds is 2. The molecule has 0 aliphatic heterocycles. The normalized spacial score (nSPS) is 25.2. The summed E-state index contributed by atoms with van der Waals surface area (Å²) in [6, 6.07) is 18.0. The summed E-state index contributed by atoms with van der Waals surface area (Å²) in [5, 5.41) is 0. The molecule has 102 valence electrons. The lowest BCUT2D eigenvalue weighted by molar-refractivity contribution is 0.443. The molecule has 2 aromatic rings. The van der Waals surface area contributed by atoms with Crippen LogP contribution in [0.1, 0.15) is 46.9 Å². The van der Waals surface area contributed by atoms with Crippen LogP contribution in [0.15, 0.2) is 48.5 Å². The molecule has 1 nitrogen and oxygen atoms in total. The Hall–Kier alpha value is -1.60.